The summed E-state index contributed by atoms with van der Waals surface area (Å²) in [7, 11) is 1.69. The van der Waals surface area contributed by atoms with Crippen molar-refractivity contribution >= 4 is 22.9 Å². The van der Waals surface area contributed by atoms with Gasteiger partial charge in [-0.3, -0.25) is 4.98 Å². The molecule has 0 bridgehead atoms. The number of nitrogens with two attached hydrogens (primary N) is 1. The lowest BCUT2D eigenvalue weighted by atomic mass is 10.2. The number of hydrogen-bond donors (Lipinski definition) is 2. The van der Waals surface area contributed by atoms with Gasteiger partial charge in [-0.25, -0.2) is 0 Å². The Morgan fingerprint density at radius 1 is 1.62 bits per heavy atom. The van der Waals surface area contributed by atoms with Crippen molar-refractivity contribution in [3.8, 4) is 0 Å². The number of ether oxygens (including phenoxy) is 1. The normalized spacial score (nSPS) is 12.1. The number of methoxy groups -OCH3 is 1. The van der Waals surface area contributed by atoms with Crippen molar-refractivity contribution in [3.05, 3.63) is 24.0 Å². The van der Waals surface area contributed by atoms with Crippen molar-refractivity contribution in [1.82, 2.24) is 4.98 Å². The van der Waals surface area contributed by atoms with Crippen molar-refractivity contribution in [2.24, 2.45) is 5.73 Å². The highest BCUT2D eigenvalue weighted by molar-refractivity contribution is 7.80. The van der Waals surface area contributed by atoms with Crippen molar-refractivity contribution in [3.63, 3.8) is 0 Å². The molecule has 0 aliphatic rings. The molecule has 5 heteroatoms. The molecule has 1 heterocycles. The predicted octanol–water partition coefficient (Wildman–Crippen LogP) is 1.55. The van der Waals surface area contributed by atoms with Crippen molar-refractivity contribution < 1.29 is 4.74 Å². The first-order chi connectivity index (χ1) is 7.67. The predicted molar refractivity (Wildman–Crippen MR) is 69.7 cm³/mol. The van der Waals surface area contributed by atoms with E-state index >= 15 is 0 Å². The van der Waals surface area contributed by atoms with Gasteiger partial charge in [0.1, 0.15) is 4.99 Å². The van der Waals surface area contributed by atoms with Gasteiger partial charge in [0.05, 0.1) is 24.2 Å². The van der Waals surface area contributed by atoms with Gasteiger partial charge in [-0.2, -0.15) is 0 Å². The highest BCUT2D eigenvalue weighted by atomic mass is 32.1. The van der Waals surface area contributed by atoms with Crippen molar-refractivity contribution in [1.29, 1.82) is 0 Å². The number of nitrogens with zero attached hydrogens (tertiary/aromatic N) is 1. The minimum Gasteiger partial charge on any atom is -0.388 e. The fraction of sp³-hybridized carbons (Fsp3) is 0.455. The maximum atomic E-state index is 5.47. The zero-order valence-corrected chi connectivity index (χ0v) is 10.4. The first-order valence-electron chi connectivity index (χ1n) is 5.18. The third kappa shape index (κ3) is 3.75. The summed E-state index contributed by atoms with van der Waals surface area (Å²) >= 11 is 4.83. The maximum Gasteiger partial charge on any atom is 0.122 e. The molecule has 1 atom stereocenters. The minimum absolute atomic E-state index is 0.294. The average Bonchev–Trinajstić information content (AvgIpc) is 2.29. The van der Waals surface area contributed by atoms with Gasteiger partial charge in [-0.15, -0.1) is 0 Å². The van der Waals surface area contributed by atoms with Gasteiger partial charge in [-0.1, -0.05) is 19.1 Å². The Labute approximate surface area is 101 Å². The second-order valence-corrected chi connectivity index (χ2v) is 3.94. The zero-order valence-electron chi connectivity index (χ0n) is 9.56. The Kier molecular flexibility index (Phi) is 5.14. The van der Waals surface area contributed by atoms with E-state index in [0.29, 0.717) is 23.3 Å². The lowest BCUT2D eigenvalue weighted by Gasteiger charge is -2.16. The van der Waals surface area contributed by atoms with Crippen LogP contribution in [0.2, 0.25) is 0 Å². The lowest BCUT2D eigenvalue weighted by molar-refractivity contribution is 0.184. The maximum absolute atomic E-state index is 5.47. The van der Waals surface area contributed by atoms with E-state index < -0.39 is 0 Å². The number of rotatable bonds is 6. The van der Waals surface area contributed by atoms with Crippen LogP contribution < -0.4 is 11.1 Å². The van der Waals surface area contributed by atoms with E-state index in [2.05, 4.69) is 17.2 Å². The molecule has 0 aliphatic heterocycles. The van der Waals surface area contributed by atoms with Crippen molar-refractivity contribution in [2.45, 2.75) is 19.4 Å². The highest BCUT2D eigenvalue weighted by Crippen LogP contribution is 2.09. The molecular weight excluding hydrogens is 222 g/mol. The first kappa shape index (κ1) is 12.9. The molecule has 16 heavy (non-hydrogen) atoms. The van der Waals surface area contributed by atoms with Crippen LogP contribution >= 0.6 is 12.2 Å². The zero-order chi connectivity index (χ0) is 12.0. The Bertz CT molecular complexity index is 340. The van der Waals surface area contributed by atoms with Gasteiger partial charge in [-0.05, 0) is 18.6 Å². The molecule has 0 aromatic carbocycles. The summed E-state index contributed by atoms with van der Waals surface area (Å²) in [4.78, 5) is 4.47. The fourth-order valence-electron chi connectivity index (χ4n) is 1.32. The quantitative estimate of drug-likeness (QED) is 0.738. The Morgan fingerprint density at radius 2 is 2.38 bits per heavy atom. The molecule has 4 nitrogen and oxygen atoms in total. The summed E-state index contributed by atoms with van der Waals surface area (Å²) in [5.74, 6) is 0. The molecule has 3 N–H and O–H groups in total. The van der Waals surface area contributed by atoms with Crippen LogP contribution in [0.15, 0.2) is 18.3 Å². The summed E-state index contributed by atoms with van der Waals surface area (Å²) in [5, 5.41) is 3.32. The number of pyridine rings is 1. The van der Waals surface area contributed by atoms with E-state index in [1.54, 1.807) is 13.3 Å². The van der Waals surface area contributed by atoms with Crippen LogP contribution in [0.5, 0.6) is 0 Å². The van der Waals surface area contributed by atoms with Gasteiger partial charge >= 0.3 is 0 Å². The molecule has 0 amide bonds. The number of aromatic nitrogens is 1. The third-order valence-corrected chi connectivity index (χ3v) is 2.46. The molecule has 1 aromatic rings. The third-order valence-electron chi connectivity index (χ3n) is 2.25. The Morgan fingerprint density at radius 3 is 2.81 bits per heavy atom. The van der Waals surface area contributed by atoms with E-state index in [-0.39, 0.29) is 0 Å². The van der Waals surface area contributed by atoms with Gasteiger partial charge in [0.2, 0.25) is 0 Å². The largest absolute Gasteiger partial charge is 0.388 e. The number of hydrogen-bond acceptors (Lipinski definition) is 4. The van der Waals surface area contributed by atoms with Crippen LogP contribution in [0.25, 0.3) is 0 Å². The number of thiocarbonyl (C=S) groups is 1. The van der Waals surface area contributed by atoms with Crippen LogP contribution in [0, 0.1) is 0 Å². The van der Waals surface area contributed by atoms with E-state index in [9.17, 15) is 0 Å². The lowest BCUT2D eigenvalue weighted by Crippen LogP contribution is -2.24. The molecule has 1 rings (SSSR count). The summed E-state index contributed by atoms with van der Waals surface area (Å²) in [6, 6.07) is 4.02. The molecule has 88 valence electrons. The van der Waals surface area contributed by atoms with E-state index in [1.807, 2.05) is 12.1 Å². The Balaban J connectivity index is 2.63. The molecule has 0 saturated carbocycles. The monoisotopic (exact) mass is 239 g/mol. The SMILES string of the molecule is CCC(COC)Nc1ccc(C(N)=S)nc1. The number of nitrogens with one attached hydrogen (secondary N) is 1. The van der Waals surface area contributed by atoms with Gasteiger partial charge in [0.25, 0.3) is 0 Å². The summed E-state index contributed by atoms with van der Waals surface area (Å²) in [5.41, 5.74) is 7.05. The Hall–Kier alpha value is -1.20. The molecule has 1 aromatic heterocycles. The van der Waals surface area contributed by atoms with E-state index in [4.69, 9.17) is 22.7 Å². The molecule has 0 spiro atoms. The highest BCUT2D eigenvalue weighted by Gasteiger charge is 2.05. The molecule has 0 fully saturated rings. The van der Waals surface area contributed by atoms with Crippen LogP contribution in [0.3, 0.4) is 0 Å². The number of anilines is 1. The van der Waals surface area contributed by atoms with Crippen LogP contribution in [-0.2, 0) is 4.74 Å². The summed E-state index contributed by atoms with van der Waals surface area (Å²) in [6.45, 7) is 2.78. The molecule has 0 aliphatic carbocycles. The van der Waals surface area contributed by atoms with Crippen LogP contribution in [0.4, 0.5) is 5.69 Å². The second-order valence-electron chi connectivity index (χ2n) is 3.50. The topological polar surface area (TPSA) is 60.2 Å². The minimum atomic E-state index is 0.294. The smallest absolute Gasteiger partial charge is 0.122 e. The average molecular weight is 239 g/mol. The second kappa shape index (κ2) is 6.40. The molecule has 0 saturated heterocycles. The van der Waals surface area contributed by atoms with Gasteiger partial charge < -0.3 is 15.8 Å². The van der Waals surface area contributed by atoms with Gasteiger partial charge in [0.15, 0.2) is 0 Å². The molecule has 0 radical (unpaired) electrons. The van der Waals surface area contributed by atoms with Crippen molar-refractivity contribution in [2.75, 3.05) is 19.0 Å². The van der Waals surface area contributed by atoms with E-state index in [1.165, 1.54) is 0 Å². The summed E-state index contributed by atoms with van der Waals surface area (Å²) < 4.78 is 5.11. The molecule has 1 unspecified atom stereocenters. The van der Waals surface area contributed by atoms with Gasteiger partial charge in [0, 0.05) is 13.2 Å². The molecular formula is C11H17N3OS. The fourth-order valence-corrected chi connectivity index (χ4v) is 1.44. The van der Waals surface area contributed by atoms with E-state index in [0.717, 1.165) is 12.1 Å². The van der Waals surface area contributed by atoms with Crippen LogP contribution in [0.1, 0.15) is 19.0 Å². The summed E-state index contributed by atoms with van der Waals surface area (Å²) in [6.07, 6.45) is 2.72. The van der Waals surface area contributed by atoms with Crippen LogP contribution in [-0.4, -0.2) is 29.7 Å². The standard InChI is InChI=1S/C11H17N3OS/c1-3-8(7-15-2)14-9-4-5-10(11(12)16)13-6-9/h4-6,8,14H,3,7H2,1-2H3,(H2,12,16). The first-order valence-corrected chi connectivity index (χ1v) is 5.59.